The molecule has 8 heteroatoms. The summed E-state index contributed by atoms with van der Waals surface area (Å²) in [4.78, 5) is 1.33. The smallest absolute Gasteiger partial charge is 0.242 e. The van der Waals surface area contributed by atoms with Crippen molar-refractivity contribution >= 4 is 39.1 Å². The second-order valence-corrected chi connectivity index (χ2v) is 9.82. The van der Waals surface area contributed by atoms with Crippen molar-refractivity contribution in [3.05, 3.63) is 70.1 Å². The van der Waals surface area contributed by atoms with Crippen LogP contribution in [0.3, 0.4) is 0 Å². The van der Waals surface area contributed by atoms with Gasteiger partial charge in [-0.2, -0.15) is 0 Å². The van der Waals surface area contributed by atoms with Crippen LogP contribution in [0.4, 0.5) is 0 Å². The average Bonchev–Trinajstić information content (AvgIpc) is 2.92. The largest absolute Gasteiger partial charge is 0.343 e. The summed E-state index contributed by atoms with van der Waals surface area (Å²) in [5, 5.41) is 2.39. The molecule has 1 unspecified atom stereocenters. The highest BCUT2D eigenvalue weighted by atomic mass is 35.5. The number of rotatable bonds is 4. The Morgan fingerprint density at radius 2 is 1.81 bits per heavy atom. The van der Waals surface area contributed by atoms with Gasteiger partial charge in [0.25, 0.3) is 0 Å². The lowest BCUT2D eigenvalue weighted by molar-refractivity contribution is 0.330. The van der Waals surface area contributed by atoms with Crippen LogP contribution < -0.4 is 5.73 Å². The highest BCUT2D eigenvalue weighted by Crippen LogP contribution is 2.47. The van der Waals surface area contributed by atoms with E-state index in [2.05, 4.69) is 0 Å². The molecular weight excluding hydrogens is 390 g/mol. The zero-order valence-corrected chi connectivity index (χ0v) is 17.1. The van der Waals surface area contributed by atoms with E-state index in [0.29, 0.717) is 10.6 Å². The molecule has 0 amide bonds. The number of hydrogen-bond donors (Lipinski definition) is 1. The molecule has 0 saturated heterocycles. The molecule has 1 heterocycles. The summed E-state index contributed by atoms with van der Waals surface area (Å²) in [7, 11) is 1.33. The zero-order chi connectivity index (χ0) is 19.1. The molecule has 1 aliphatic heterocycles. The molecule has 0 aliphatic carbocycles. The Kier molecular flexibility index (Phi) is 5.11. The summed E-state index contributed by atoms with van der Waals surface area (Å²) >= 11 is 7.84. The molecular formula is C18H20ClN3O2S2. The van der Waals surface area contributed by atoms with Crippen LogP contribution in [0, 0.1) is 0 Å². The van der Waals surface area contributed by atoms with Crippen LogP contribution in [0.1, 0.15) is 11.1 Å². The Bertz CT molecular complexity index is 962. The first-order valence-electron chi connectivity index (χ1n) is 7.86. The van der Waals surface area contributed by atoms with E-state index in [1.807, 2.05) is 47.7 Å². The van der Waals surface area contributed by atoms with Crippen molar-refractivity contribution < 1.29 is 8.42 Å². The van der Waals surface area contributed by atoms with Crippen LogP contribution in [-0.2, 0) is 15.0 Å². The van der Waals surface area contributed by atoms with Crippen molar-refractivity contribution in [3.8, 4) is 0 Å². The number of halogens is 1. The van der Waals surface area contributed by atoms with Gasteiger partial charge < -0.3 is 4.90 Å². The Balaban J connectivity index is 2.03. The summed E-state index contributed by atoms with van der Waals surface area (Å²) in [6, 6.07) is 14.5. The maximum atomic E-state index is 12.5. The van der Waals surface area contributed by atoms with Gasteiger partial charge in [0.2, 0.25) is 10.0 Å². The van der Waals surface area contributed by atoms with Crippen LogP contribution >= 0.6 is 23.4 Å². The third-order valence-electron chi connectivity index (χ3n) is 4.39. The van der Waals surface area contributed by atoms with E-state index in [1.165, 1.54) is 36.2 Å². The van der Waals surface area contributed by atoms with Gasteiger partial charge in [-0.3, -0.25) is 5.73 Å². The lowest BCUT2D eigenvalue weighted by Crippen LogP contribution is -2.44. The minimum Gasteiger partial charge on any atom is -0.343 e. The number of sulfonamides is 1. The number of thioether (sulfide) groups is 1. The van der Waals surface area contributed by atoms with E-state index in [4.69, 9.17) is 17.3 Å². The molecule has 138 valence electrons. The Morgan fingerprint density at radius 1 is 1.15 bits per heavy atom. The summed E-state index contributed by atoms with van der Waals surface area (Å²) in [5.41, 5.74) is 9.00. The SMILES string of the molecule is CN1C(c2cc(S(=O)(=O)N(C)C)ccc2Cl)=CSC1(N)c1ccccc1. The van der Waals surface area contributed by atoms with Crippen molar-refractivity contribution in [3.63, 3.8) is 0 Å². The van der Waals surface area contributed by atoms with Crippen molar-refractivity contribution in [1.29, 1.82) is 0 Å². The van der Waals surface area contributed by atoms with Crippen molar-refractivity contribution in [2.24, 2.45) is 5.73 Å². The molecule has 26 heavy (non-hydrogen) atoms. The molecule has 0 saturated carbocycles. The fourth-order valence-electron chi connectivity index (χ4n) is 2.74. The number of hydrogen-bond acceptors (Lipinski definition) is 5. The van der Waals surface area contributed by atoms with Crippen LogP contribution in [0.25, 0.3) is 5.70 Å². The first-order valence-corrected chi connectivity index (χ1v) is 10.6. The van der Waals surface area contributed by atoms with E-state index in [0.717, 1.165) is 11.3 Å². The van der Waals surface area contributed by atoms with E-state index in [1.54, 1.807) is 12.1 Å². The van der Waals surface area contributed by atoms with Gasteiger partial charge in [-0.25, -0.2) is 12.7 Å². The molecule has 0 spiro atoms. The predicted octanol–water partition coefficient (Wildman–Crippen LogP) is 3.34. The molecule has 0 fully saturated rings. The maximum Gasteiger partial charge on any atom is 0.242 e. The van der Waals surface area contributed by atoms with Gasteiger partial charge in [-0.05, 0) is 23.6 Å². The second-order valence-electron chi connectivity index (χ2n) is 6.17. The summed E-state index contributed by atoms with van der Waals surface area (Å²) in [5.74, 6) is 0. The zero-order valence-electron chi connectivity index (χ0n) is 14.7. The van der Waals surface area contributed by atoms with Gasteiger partial charge in [-0.15, -0.1) is 0 Å². The van der Waals surface area contributed by atoms with Crippen molar-refractivity contribution in [1.82, 2.24) is 9.21 Å². The summed E-state index contributed by atoms with van der Waals surface area (Å²) in [6.07, 6.45) is 0. The standard InChI is InChI=1S/C18H20ClN3O2S2/c1-21(2)26(23,24)14-9-10-16(19)15(11-14)17-12-25-18(20,22(17)3)13-7-5-4-6-8-13/h4-12H,20H2,1-3H3. The van der Waals surface area contributed by atoms with E-state index in [-0.39, 0.29) is 4.90 Å². The average molecular weight is 410 g/mol. The number of nitrogens with zero attached hydrogens (tertiary/aromatic N) is 2. The van der Waals surface area contributed by atoms with Crippen molar-refractivity contribution in [2.75, 3.05) is 21.1 Å². The Labute approximate surface area is 163 Å². The summed E-state index contributed by atoms with van der Waals surface area (Å²) < 4.78 is 26.1. The normalized spacial score (nSPS) is 20.5. The fourth-order valence-corrected chi connectivity index (χ4v) is 4.99. The third kappa shape index (κ3) is 3.14. The first-order chi connectivity index (χ1) is 12.2. The third-order valence-corrected chi connectivity index (χ3v) is 7.74. The van der Waals surface area contributed by atoms with E-state index in [9.17, 15) is 8.42 Å². The monoisotopic (exact) mass is 409 g/mol. The maximum absolute atomic E-state index is 12.5. The molecule has 1 aliphatic rings. The van der Waals surface area contributed by atoms with Gasteiger partial charge in [0, 0.05) is 37.3 Å². The predicted molar refractivity (Wildman–Crippen MR) is 108 cm³/mol. The topological polar surface area (TPSA) is 66.6 Å². The van der Waals surface area contributed by atoms with Crippen LogP contribution in [0.5, 0.6) is 0 Å². The quantitative estimate of drug-likeness (QED) is 0.838. The Hall–Kier alpha value is -1.51. The minimum atomic E-state index is -3.55. The lowest BCUT2D eigenvalue weighted by Gasteiger charge is -2.35. The molecule has 2 aromatic rings. The molecule has 1 atom stereocenters. The molecule has 5 nitrogen and oxygen atoms in total. The van der Waals surface area contributed by atoms with E-state index < -0.39 is 15.0 Å². The number of benzene rings is 2. The van der Waals surface area contributed by atoms with Gasteiger partial charge in [0.05, 0.1) is 10.6 Å². The fraction of sp³-hybridized carbons (Fsp3) is 0.222. The first kappa shape index (κ1) is 19.3. The second kappa shape index (κ2) is 6.90. The van der Waals surface area contributed by atoms with E-state index >= 15 is 0 Å². The highest BCUT2D eigenvalue weighted by molar-refractivity contribution is 8.03. The van der Waals surface area contributed by atoms with Crippen LogP contribution in [-0.4, -0.2) is 38.8 Å². The molecule has 0 aromatic heterocycles. The highest BCUT2D eigenvalue weighted by Gasteiger charge is 2.39. The van der Waals surface area contributed by atoms with Crippen LogP contribution in [0.2, 0.25) is 5.02 Å². The van der Waals surface area contributed by atoms with Gasteiger partial charge >= 0.3 is 0 Å². The molecule has 2 N–H and O–H groups in total. The van der Waals surface area contributed by atoms with Crippen LogP contribution in [0.15, 0.2) is 58.8 Å². The molecule has 3 rings (SSSR count). The Morgan fingerprint density at radius 3 is 2.42 bits per heavy atom. The van der Waals surface area contributed by atoms with Crippen molar-refractivity contribution in [2.45, 2.75) is 9.89 Å². The van der Waals surface area contributed by atoms with Gasteiger partial charge in [0.1, 0.15) is 0 Å². The minimum absolute atomic E-state index is 0.190. The van der Waals surface area contributed by atoms with Gasteiger partial charge in [-0.1, -0.05) is 53.7 Å². The molecule has 0 bridgehead atoms. The summed E-state index contributed by atoms with van der Waals surface area (Å²) in [6.45, 7) is 0. The molecule has 0 radical (unpaired) electrons. The lowest BCUT2D eigenvalue weighted by atomic mass is 10.1. The molecule has 2 aromatic carbocycles. The number of nitrogens with two attached hydrogens (primary N) is 1. The van der Waals surface area contributed by atoms with Gasteiger partial charge in [0.15, 0.2) is 4.99 Å².